The predicted octanol–water partition coefficient (Wildman–Crippen LogP) is 0.982. The molecule has 2 aliphatic heterocycles. The number of imide groups is 1. The van der Waals surface area contributed by atoms with Gasteiger partial charge in [0, 0.05) is 44.3 Å². The first-order valence-electron chi connectivity index (χ1n) is 9.55. The number of aromatic nitrogens is 2. The van der Waals surface area contributed by atoms with Gasteiger partial charge in [-0.05, 0) is 25.1 Å². The summed E-state index contributed by atoms with van der Waals surface area (Å²) in [5.41, 5.74) is 0.643. The minimum absolute atomic E-state index is 0.234. The molecule has 2 aliphatic rings. The Morgan fingerprint density at radius 3 is 2.31 bits per heavy atom. The van der Waals surface area contributed by atoms with E-state index in [0.29, 0.717) is 37.8 Å². The number of nitrogens with zero attached hydrogens (tertiary/aromatic N) is 6. The molecule has 2 fully saturated rings. The van der Waals surface area contributed by atoms with Crippen molar-refractivity contribution in [2.75, 3.05) is 42.5 Å². The van der Waals surface area contributed by atoms with Crippen LogP contribution in [0.1, 0.15) is 6.92 Å². The Labute approximate surface area is 168 Å². The fourth-order valence-electron chi connectivity index (χ4n) is 3.64. The zero-order chi connectivity index (χ0) is 20.4. The van der Waals surface area contributed by atoms with Crippen molar-refractivity contribution in [1.29, 1.82) is 0 Å². The number of benzene rings is 1. The van der Waals surface area contributed by atoms with Crippen molar-refractivity contribution >= 4 is 29.5 Å². The highest BCUT2D eigenvalue weighted by Crippen LogP contribution is 2.25. The van der Waals surface area contributed by atoms with E-state index in [-0.39, 0.29) is 18.4 Å². The molecule has 29 heavy (non-hydrogen) atoms. The van der Waals surface area contributed by atoms with Crippen LogP contribution in [0.25, 0.3) is 0 Å². The van der Waals surface area contributed by atoms with E-state index in [9.17, 15) is 14.4 Å². The van der Waals surface area contributed by atoms with Gasteiger partial charge in [-0.3, -0.25) is 19.4 Å². The van der Waals surface area contributed by atoms with Crippen molar-refractivity contribution < 1.29 is 14.4 Å². The molecule has 0 spiro atoms. The summed E-state index contributed by atoms with van der Waals surface area (Å²) in [7, 11) is 0. The molecule has 2 saturated heterocycles. The summed E-state index contributed by atoms with van der Waals surface area (Å²) in [4.78, 5) is 52.8. The van der Waals surface area contributed by atoms with Crippen LogP contribution in [0, 0.1) is 0 Å². The fraction of sp³-hybridized carbons (Fsp3) is 0.350. The van der Waals surface area contributed by atoms with Crippen LogP contribution >= 0.6 is 0 Å². The first-order valence-corrected chi connectivity index (χ1v) is 9.55. The van der Waals surface area contributed by atoms with Crippen LogP contribution in [0.3, 0.4) is 0 Å². The molecule has 1 atom stereocenters. The molecular formula is C20H22N6O3. The summed E-state index contributed by atoms with van der Waals surface area (Å²) in [6.07, 6.45) is 3.37. The number of hydrogen-bond acceptors (Lipinski definition) is 6. The number of hydrogen-bond donors (Lipinski definition) is 0. The quantitative estimate of drug-likeness (QED) is 0.719. The van der Waals surface area contributed by atoms with Gasteiger partial charge < -0.3 is 9.80 Å². The van der Waals surface area contributed by atoms with E-state index < -0.39 is 12.1 Å². The molecule has 2 aromatic rings. The summed E-state index contributed by atoms with van der Waals surface area (Å²) < 4.78 is 0. The summed E-state index contributed by atoms with van der Waals surface area (Å²) >= 11 is 0. The molecule has 9 heteroatoms. The zero-order valence-corrected chi connectivity index (χ0v) is 16.1. The maximum absolute atomic E-state index is 12.8. The number of carbonyl (C=O) groups is 3. The number of anilines is 2. The van der Waals surface area contributed by atoms with Gasteiger partial charge in [-0.15, -0.1) is 0 Å². The third-order valence-electron chi connectivity index (χ3n) is 5.24. The van der Waals surface area contributed by atoms with Gasteiger partial charge in [0.05, 0.1) is 0 Å². The van der Waals surface area contributed by atoms with Gasteiger partial charge >= 0.3 is 6.03 Å². The molecular weight excluding hydrogens is 372 g/mol. The zero-order valence-electron chi connectivity index (χ0n) is 16.1. The Morgan fingerprint density at radius 2 is 1.66 bits per heavy atom. The monoisotopic (exact) mass is 394 g/mol. The predicted molar refractivity (Wildman–Crippen MR) is 106 cm³/mol. The van der Waals surface area contributed by atoms with Crippen molar-refractivity contribution in [3.05, 3.63) is 48.8 Å². The van der Waals surface area contributed by atoms with Crippen LogP contribution in [0.2, 0.25) is 0 Å². The van der Waals surface area contributed by atoms with Gasteiger partial charge in [0.15, 0.2) is 0 Å². The Morgan fingerprint density at radius 1 is 1.00 bits per heavy atom. The molecule has 1 aromatic heterocycles. The fourth-order valence-corrected chi connectivity index (χ4v) is 3.64. The number of piperazine rings is 1. The Kier molecular flexibility index (Phi) is 5.11. The number of carbonyl (C=O) groups excluding carboxylic acids is 3. The molecule has 0 N–H and O–H groups in total. The van der Waals surface area contributed by atoms with Crippen molar-refractivity contribution in [2.45, 2.75) is 13.0 Å². The molecule has 1 unspecified atom stereocenters. The van der Waals surface area contributed by atoms with Crippen molar-refractivity contribution in [2.24, 2.45) is 0 Å². The Bertz CT molecular complexity index is 899. The van der Waals surface area contributed by atoms with Crippen LogP contribution in [0.4, 0.5) is 16.4 Å². The van der Waals surface area contributed by atoms with Crippen molar-refractivity contribution in [3.63, 3.8) is 0 Å². The SMILES string of the molecule is CC1C(=O)N(CC(=O)N2CCN(c3ncccn3)CC2)C(=O)N1c1ccccc1. The summed E-state index contributed by atoms with van der Waals surface area (Å²) in [5, 5.41) is 0. The standard InChI is InChI=1S/C20H22N6O3/c1-15-18(28)25(20(29)26(15)16-6-3-2-4-7-16)14-17(27)23-10-12-24(13-11-23)19-21-8-5-9-22-19/h2-9,15H,10-14H2,1H3. The second kappa shape index (κ2) is 7.86. The minimum Gasteiger partial charge on any atom is -0.338 e. The van der Waals surface area contributed by atoms with E-state index in [1.54, 1.807) is 42.4 Å². The lowest BCUT2D eigenvalue weighted by Crippen LogP contribution is -2.52. The van der Waals surface area contributed by atoms with Crippen LogP contribution in [0.15, 0.2) is 48.8 Å². The number of urea groups is 1. The summed E-state index contributed by atoms with van der Waals surface area (Å²) in [6, 6.07) is 9.68. The van der Waals surface area contributed by atoms with Crippen LogP contribution in [-0.4, -0.2) is 76.4 Å². The van der Waals surface area contributed by atoms with Gasteiger partial charge in [0.1, 0.15) is 12.6 Å². The van der Waals surface area contributed by atoms with E-state index in [4.69, 9.17) is 0 Å². The second-order valence-corrected chi connectivity index (χ2v) is 7.01. The molecule has 0 radical (unpaired) electrons. The smallest absolute Gasteiger partial charge is 0.332 e. The summed E-state index contributed by atoms with van der Waals surface area (Å²) in [5.74, 6) is 0.0443. The lowest BCUT2D eigenvalue weighted by molar-refractivity contribution is -0.137. The summed E-state index contributed by atoms with van der Waals surface area (Å²) in [6.45, 7) is 3.62. The topological polar surface area (TPSA) is 90.0 Å². The van der Waals surface area contributed by atoms with Crippen molar-refractivity contribution in [1.82, 2.24) is 19.8 Å². The molecule has 4 rings (SSSR count). The van der Waals surface area contributed by atoms with Gasteiger partial charge in [-0.25, -0.2) is 14.8 Å². The number of amides is 4. The highest BCUT2D eigenvalue weighted by molar-refractivity contribution is 6.15. The Balaban J connectivity index is 1.39. The highest BCUT2D eigenvalue weighted by atomic mass is 16.2. The van der Waals surface area contributed by atoms with E-state index in [0.717, 1.165) is 4.90 Å². The average molecular weight is 394 g/mol. The number of rotatable bonds is 4. The maximum atomic E-state index is 12.8. The molecule has 0 bridgehead atoms. The maximum Gasteiger partial charge on any atom is 0.332 e. The van der Waals surface area contributed by atoms with Gasteiger partial charge in [0.2, 0.25) is 11.9 Å². The first kappa shape index (κ1) is 18.9. The highest BCUT2D eigenvalue weighted by Gasteiger charge is 2.44. The Hall–Kier alpha value is -3.49. The van der Waals surface area contributed by atoms with E-state index in [1.807, 2.05) is 23.1 Å². The lowest BCUT2D eigenvalue weighted by atomic mass is 10.2. The molecule has 1 aromatic carbocycles. The van der Waals surface area contributed by atoms with E-state index >= 15 is 0 Å². The van der Waals surface area contributed by atoms with Gasteiger partial charge in [-0.2, -0.15) is 0 Å². The van der Waals surface area contributed by atoms with Crippen LogP contribution < -0.4 is 9.80 Å². The molecule has 9 nitrogen and oxygen atoms in total. The van der Waals surface area contributed by atoms with Gasteiger partial charge in [0.25, 0.3) is 5.91 Å². The van der Waals surface area contributed by atoms with Crippen LogP contribution in [-0.2, 0) is 9.59 Å². The van der Waals surface area contributed by atoms with Crippen molar-refractivity contribution in [3.8, 4) is 0 Å². The molecule has 4 amide bonds. The molecule has 150 valence electrons. The van der Waals surface area contributed by atoms with Crippen LogP contribution in [0.5, 0.6) is 0 Å². The third-order valence-corrected chi connectivity index (χ3v) is 5.24. The second-order valence-electron chi connectivity index (χ2n) is 7.01. The first-order chi connectivity index (χ1) is 14.1. The van der Waals surface area contributed by atoms with Gasteiger partial charge in [-0.1, -0.05) is 18.2 Å². The molecule has 3 heterocycles. The minimum atomic E-state index is -0.634. The van der Waals surface area contributed by atoms with E-state index in [1.165, 1.54) is 4.90 Å². The van der Waals surface area contributed by atoms with E-state index in [2.05, 4.69) is 9.97 Å². The normalized spacial score (nSPS) is 19.8. The lowest BCUT2D eigenvalue weighted by Gasteiger charge is -2.35. The average Bonchev–Trinajstić information content (AvgIpc) is 2.98. The molecule has 0 aliphatic carbocycles. The number of para-hydroxylation sites is 1. The largest absolute Gasteiger partial charge is 0.338 e. The molecule has 0 saturated carbocycles. The third kappa shape index (κ3) is 3.63.